The van der Waals surface area contributed by atoms with E-state index in [0.717, 1.165) is 9.13 Å². The van der Waals surface area contributed by atoms with E-state index >= 15 is 9.13 Å². The minimum atomic E-state index is -4.25. The van der Waals surface area contributed by atoms with Crippen LogP contribution < -0.4 is 38.6 Å². The van der Waals surface area contributed by atoms with Crippen LogP contribution in [0.25, 0.3) is 0 Å². The van der Waals surface area contributed by atoms with Crippen LogP contribution in [0.3, 0.4) is 0 Å². The number of benzene rings is 3. The first-order valence-electron chi connectivity index (χ1n) is 26.3. The molecule has 0 radical (unpaired) electrons. The molecule has 6 heterocycles. The van der Waals surface area contributed by atoms with Crippen LogP contribution in [-0.2, 0) is 37.1 Å². The summed E-state index contributed by atoms with van der Waals surface area (Å²) in [5.74, 6) is -1.77. The van der Waals surface area contributed by atoms with E-state index in [1.807, 2.05) is 0 Å². The van der Waals surface area contributed by atoms with Gasteiger partial charge in [0.2, 0.25) is 0 Å². The Kier molecular flexibility index (Phi) is 19.2. The number of morpholine rings is 3. The molecule has 3 saturated heterocycles. The van der Waals surface area contributed by atoms with E-state index in [9.17, 15) is 33.6 Å². The minimum absolute atomic E-state index is 0.0417. The summed E-state index contributed by atoms with van der Waals surface area (Å²) < 4.78 is 78.0. The lowest BCUT2D eigenvalue weighted by Crippen LogP contribution is -2.51. The Hall–Kier alpha value is -7.43. The van der Waals surface area contributed by atoms with Crippen molar-refractivity contribution in [3.05, 3.63) is 186 Å². The molecule has 3 aromatic carbocycles. The largest absolute Gasteiger partial charge is 0.459 e. The van der Waals surface area contributed by atoms with Crippen LogP contribution in [0, 0.1) is 6.92 Å². The molecule has 0 aliphatic carbocycles. The number of aromatic nitrogens is 6. The molecule has 4 N–H and O–H groups in total. The van der Waals surface area contributed by atoms with Gasteiger partial charge in [-0.1, -0.05) is 54.6 Å². The molecule has 9 rings (SSSR count). The normalized spacial score (nSPS) is 22.1. The summed E-state index contributed by atoms with van der Waals surface area (Å²) in [4.78, 5) is 102. The van der Waals surface area contributed by atoms with E-state index in [0.29, 0.717) is 11.1 Å². The Morgan fingerprint density at radius 2 is 1.04 bits per heavy atom. The first-order chi connectivity index (χ1) is 39.8. The quantitative estimate of drug-likeness (QED) is 0.0631. The summed E-state index contributed by atoms with van der Waals surface area (Å²) in [5.41, 5.74) is -1.68. The molecular formula is C53H63N13O15P2. The zero-order chi connectivity index (χ0) is 59.0. The van der Waals surface area contributed by atoms with Crippen molar-refractivity contribution in [1.29, 1.82) is 0 Å². The van der Waals surface area contributed by atoms with Crippen molar-refractivity contribution in [2.24, 2.45) is 0 Å². The fraction of sp³-hybridized carbons (Fsp3) is 0.377. The number of nitrogens with one attached hydrogen (secondary N) is 4. The van der Waals surface area contributed by atoms with Gasteiger partial charge in [0.25, 0.3) is 17.4 Å². The van der Waals surface area contributed by atoms with Crippen molar-refractivity contribution in [2.45, 2.75) is 43.9 Å². The van der Waals surface area contributed by atoms with Gasteiger partial charge < -0.3 is 43.9 Å². The zero-order valence-corrected chi connectivity index (χ0v) is 47.7. The van der Waals surface area contributed by atoms with E-state index in [4.69, 9.17) is 28.0 Å². The number of nitrogens with zero attached hydrogens (tertiary/aromatic N) is 9. The predicted molar refractivity (Wildman–Crippen MR) is 301 cm³/mol. The van der Waals surface area contributed by atoms with Crippen LogP contribution >= 0.6 is 15.3 Å². The van der Waals surface area contributed by atoms with Gasteiger partial charge in [-0.2, -0.15) is 9.97 Å². The molecule has 3 aromatic heterocycles. The number of esters is 1. The summed E-state index contributed by atoms with van der Waals surface area (Å²) in [6, 6.07) is 27.7. The molecule has 30 heteroatoms. The van der Waals surface area contributed by atoms with Crippen molar-refractivity contribution in [3.8, 4) is 0 Å². The van der Waals surface area contributed by atoms with E-state index in [-0.39, 0.29) is 75.2 Å². The van der Waals surface area contributed by atoms with Gasteiger partial charge in [-0.25, -0.2) is 37.9 Å². The predicted octanol–water partition coefficient (Wildman–Crippen LogP) is 2.98. The van der Waals surface area contributed by atoms with Gasteiger partial charge in [0, 0.05) is 61.5 Å². The topological polar surface area (TPSA) is 314 Å². The molecule has 0 unspecified atom stereocenters. The summed E-state index contributed by atoms with van der Waals surface area (Å²) in [6.45, 7) is 0.0743. The van der Waals surface area contributed by atoms with E-state index in [1.165, 1.54) is 82.2 Å². The average molecular weight is 1180 g/mol. The van der Waals surface area contributed by atoms with Crippen molar-refractivity contribution in [2.75, 3.05) is 97.9 Å². The van der Waals surface area contributed by atoms with Gasteiger partial charge in [0.15, 0.2) is 18.7 Å². The van der Waals surface area contributed by atoms with E-state index in [2.05, 4.69) is 30.9 Å². The molecule has 6 aromatic rings. The highest BCUT2D eigenvalue weighted by Crippen LogP contribution is 2.57. The minimum Gasteiger partial charge on any atom is -0.459 e. The van der Waals surface area contributed by atoms with Gasteiger partial charge in [-0.3, -0.25) is 42.2 Å². The number of anilines is 2. The first-order valence-corrected chi connectivity index (χ1v) is 29.3. The molecule has 83 heavy (non-hydrogen) atoms. The Morgan fingerprint density at radius 1 is 0.590 bits per heavy atom. The van der Waals surface area contributed by atoms with Crippen LogP contribution in [0.2, 0.25) is 0 Å². The molecule has 0 bridgehead atoms. The number of carbonyl (C=O) groups excluding carboxylic acids is 3. The second-order valence-corrected chi connectivity index (χ2v) is 25.1. The highest BCUT2D eigenvalue weighted by Gasteiger charge is 2.47. The number of hydrogen-bond donors (Lipinski definition) is 4. The molecule has 3 fully saturated rings. The zero-order valence-electron chi connectivity index (χ0n) is 45.9. The van der Waals surface area contributed by atoms with Crippen molar-refractivity contribution in [1.82, 2.24) is 52.7 Å². The van der Waals surface area contributed by atoms with Gasteiger partial charge >= 0.3 is 38.4 Å². The number of hydrogen-bond acceptors (Lipinski definition) is 18. The molecule has 2 amide bonds. The lowest BCUT2D eigenvalue weighted by Gasteiger charge is -2.45. The smallest absolute Gasteiger partial charge is 0.351 e. The Morgan fingerprint density at radius 3 is 1.51 bits per heavy atom. The maximum absolute atomic E-state index is 15.7. The Bertz CT molecular complexity index is 3630. The molecule has 440 valence electrons. The molecule has 28 nitrogen and oxygen atoms in total. The fourth-order valence-electron chi connectivity index (χ4n) is 9.29. The van der Waals surface area contributed by atoms with E-state index in [1.54, 1.807) is 97.9 Å². The number of ether oxygens (including phenoxy) is 4. The molecule has 0 spiro atoms. The Balaban J connectivity index is 0.982. The van der Waals surface area contributed by atoms with Crippen molar-refractivity contribution >= 4 is 44.8 Å². The van der Waals surface area contributed by atoms with Crippen molar-refractivity contribution in [3.63, 3.8) is 0 Å². The number of amides is 2. The van der Waals surface area contributed by atoms with Crippen LogP contribution in [0.1, 0.15) is 55.3 Å². The first kappa shape index (κ1) is 60.2. The number of aryl methyl sites for hydroxylation is 1. The second-order valence-electron chi connectivity index (χ2n) is 19.9. The number of aromatic amines is 1. The maximum Gasteiger partial charge on any atom is 0.351 e. The summed E-state index contributed by atoms with van der Waals surface area (Å²) >= 11 is 0. The van der Waals surface area contributed by atoms with Crippen molar-refractivity contribution < 1.29 is 51.5 Å². The second kappa shape index (κ2) is 26.4. The summed E-state index contributed by atoms with van der Waals surface area (Å²) in [7, 11) is -2.29. The molecule has 3 aliphatic rings. The molecule has 3 aliphatic heterocycles. The van der Waals surface area contributed by atoms with Crippen LogP contribution in [0.4, 0.5) is 11.6 Å². The number of H-pyrrole nitrogens is 1. The lowest BCUT2D eigenvalue weighted by molar-refractivity contribution is -0.130. The molecular weight excluding hydrogens is 1120 g/mol. The third-order valence-electron chi connectivity index (χ3n) is 13.6. The van der Waals surface area contributed by atoms with Crippen LogP contribution in [-0.4, -0.2) is 171 Å². The van der Waals surface area contributed by atoms with E-state index < -0.39 is 99.4 Å². The third kappa shape index (κ3) is 14.3. The third-order valence-corrected chi connectivity index (χ3v) is 18.7. The molecule has 0 saturated carbocycles. The highest BCUT2D eigenvalue weighted by molar-refractivity contribution is 7.54. The maximum atomic E-state index is 15.7. The highest BCUT2D eigenvalue weighted by atomic mass is 31.2. The van der Waals surface area contributed by atoms with Gasteiger partial charge in [-0.05, 0) is 83.6 Å². The standard InChI is InChI=1S/C53H63N13O15P2/c1-35-27-66(53(73)59-47(35)67)44-26-54-25-39(79-44)33-77-82(74,60(2)3)63-29-41(81-46(31-63)65-24-22-43(58-52(65)72)56-49(69)37-17-11-7-12-18-37)34-78-83(75,61(4)5)62-28-40(32-76-50(70)38-19-13-8-14-20-38)80-45(30-62)64-23-21-42(57-51(64)71)55-48(68)36-15-9-6-10-16-36/h6-24,27,39-41,44-46,54H,25-26,28-34H2,1-5H3,(H,59,67,73)(H,55,57,68,71)(H,56,58,69,72)/t39-,40-,41-,44+,45+,46+,82-,83-/m0/s1. The Labute approximate surface area is 475 Å². The number of rotatable bonds is 20. The van der Waals surface area contributed by atoms with Gasteiger partial charge in [0.1, 0.15) is 24.3 Å². The summed E-state index contributed by atoms with van der Waals surface area (Å²) in [6.07, 6.45) is -2.13. The SMILES string of the molecule is Cc1cn([C@H]2CNC[C@@H](CO[P@@](=O)(N(C)C)N3C[C@@H](CO[P@@](=O)(N(C)C)N4C[C@@H](COC(=O)c5ccccc5)O[C@@H](n5ccc(NC(=O)c6ccccc6)nc5=O)C4)O[C@@H](n4ccc(NC(=O)c5ccccc5)nc4=O)C3)O2)c(=O)[nH]c1=O. The van der Waals surface area contributed by atoms with Crippen LogP contribution in [0.15, 0.2) is 141 Å². The van der Waals surface area contributed by atoms with Crippen LogP contribution in [0.5, 0.6) is 0 Å². The molecule has 8 atom stereocenters. The summed E-state index contributed by atoms with van der Waals surface area (Å²) in [5, 5.41) is 8.43. The van der Waals surface area contributed by atoms with Gasteiger partial charge in [0.05, 0.1) is 44.1 Å². The number of carbonyl (C=O) groups is 3. The fourth-order valence-corrected chi connectivity index (χ4v) is 13.3. The average Bonchev–Trinajstić information content (AvgIpc) is 3.58. The lowest BCUT2D eigenvalue weighted by atomic mass is 10.2. The van der Waals surface area contributed by atoms with Gasteiger partial charge in [-0.15, -0.1) is 0 Å². The monoisotopic (exact) mass is 1180 g/mol.